The number of aromatic nitrogens is 4. The van der Waals surface area contributed by atoms with Crippen molar-refractivity contribution in [2.45, 2.75) is 6.92 Å². The van der Waals surface area contributed by atoms with Crippen molar-refractivity contribution in [1.82, 2.24) is 20.6 Å². The molecule has 4 aromatic rings. The van der Waals surface area contributed by atoms with Gasteiger partial charge in [0.05, 0.1) is 4.88 Å². The number of nitrogens with one attached hydrogen (secondary N) is 2. The molecule has 2 heterocycles. The molecule has 118 valence electrons. The van der Waals surface area contributed by atoms with E-state index < -0.39 is 0 Å². The van der Waals surface area contributed by atoms with Gasteiger partial charge in [0.2, 0.25) is 5.82 Å². The Morgan fingerprint density at radius 1 is 1.17 bits per heavy atom. The van der Waals surface area contributed by atoms with Crippen molar-refractivity contribution in [3.05, 3.63) is 59.0 Å². The number of rotatable bonds is 3. The molecule has 2 aromatic heterocycles. The summed E-state index contributed by atoms with van der Waals surface area (Å²) >= 11 is 1.50. The smallest absolute Gasteiger partial charge is 0.266 e. The van der Waals surface area contributed by atoms with Gasteiger partial charge in [-0.2, -0.15) is 5.21 Å². The van der Waals surface area contributed by atoms with Crippen LogP contribution in [0.3, 0.4) is 0 Å². The quantitative estimate of drug-likeness (QED) is 0.599. The fourth-order valence-corrected chi connectivity index (χ4v) is 3.70. The molecule has 0 spiro atoms. The van der Waals surface area contributed by atoms with Crippen molar-refractivity contribution >= 4 is 33.0 Å². The second-order valence-electron chi connectivity index (χ2n) is 5.32. The minimum Gasteiger partial charge on any atom is -0.321 e. The summed E-state index contributed by atoms with van der Waals surface area (Å²) in [7, 11) is 0. The minimum absolute atomic E-state index is 0.112. The molecule has 24 heavy (non-hydrogen) atoms. The molecule has 0 saturated heterocycles. The van der Waals surface area contributed by atoms with E-state index in [9.17, 15) is 4.79 Å². The number of carbonyl (C=O) groups is 1. The van der Waals surface area contributed by atoms with Gasteiger partial charge in [0.25, 0.3) is 5.91 Å². The molecule has 0 saturated carbocycles. The maximum Gasteiger partial charge on any atom is 0.266 e. The van der Waals surface area contributed by atoms with E-state index in [1.54, 1.807) is 0 Å². The summed E-state index contributed by atoms with van der Waals surface area (Å²) in [6, 6.07) is 15.4. The summed E-state index contributed by atoms with van der Waals surface area (Å²) in [6.45, 7) is 1.98. The fourth-order valence-electron chi connectivity index (χ4n) is 2.60. The number of fused-ring (bicyclic) bond motifs is 1. The number of H-pyrrole nitrogens is 1. The Morgan fingerprint density at radius 3 is 2.83 bits per heavy atom. The number of aryl methyl sites for hydroxylation is 1. The van der Waals surface area contributed by atoms with E-state index in [-0.39, 0.29) is 5.91 Å². The summed E-state index contributed by atoms with van der Waals surface area (Å²) in [4.78, 5) is 13.4. The Balaban J connectivity index is 1.64. The Bertz CT molecular complexity index is 1020. The first-order chi connectivity index (χ1) is 11.7. The van der Waals surface area contributed by atoms with Crippen LogP contribution in [0.1, 0.15) is 15.2 Å². The molecule has 0 fully saturated rings. The van der Waals surface area contributed by atoms with Crippen molar-refractivity contribution in [3.63, 3.8) is 0 Å². The van der Waals surface area contributed by atoms with Crippen molar-refractivity contribution in [1.29, 1.82) is 0 Å². The zero-order chi connectivity index (χ0) is 16.5. The Labute approximate surface area is 141 Å². The number of hydrogen-bond acceptors (Lipinski definition) is 5. The molecule has 2 aromatic carbocycles. The lowest BCUT2D eigenvalue weighted by atomic mass is 10.1. The maximum absolute atomic E-state index is 12.7. The van der Waals surface area contributed by atoms with E-state index in [4.69, 9.17) is 0 Å². The average molecular weight is 335 g/mol. The zero-order valence-corrected chi connectivity index (χ0v) is 13.6. The van der Waals surface area contributed by atoms with Crippen molar-refractivity contribution < 1.29 is 4.79 Å². The number of carbonyl (C=O) groups excluding carboxylic acids is 1. The first-order valence-electron chi connectivity index (χ1n) is 7.36. The molecular weight excluding hydrogens is 322 g/mol. The van der Waals surface area contributed by atoms with Crippen LogP contribution in [0, 0.1) is 6.92 Å². The SMILES string of the molecule is Cc1c(C(=O)Nc2cccc(-c3nn[nH]n3)c2)sc2ccccc12. The molecule has 0 aliphatic heterocycles. The summed E-state index contributed by atoms with van der Waals surface area (Å²) in [5.41, 5.74) is 2.48. The zero-order valence-electron chi connectivity index (χ0n) is 12.8. The van der Waals surface area contributed by atoms with E-state index in [1.807, 2.05) is 55.5 Å². The average Bonchev–Trinajstić information content (AvgIpc) is 3.24. The van der Waals surface area contributed by atoms with Crippen LogP contribution in [-0.2, 0) is 0 Å². The number of anilines is 1. The lowest BCUT2D eigenvalue weighted by Gasteiger charge is -2.05. The number of hydrogen-bond donors (Lipinski definition) is 2. The van der Waals surface area contributed by atoms with Gasteiger partial charge in [0.15, 0.2) is 0 Å². The van der Waals surface area contributed by atoms with Crippen LogP contribution in [0.4, 0.5) is 5.69 Å². The largest absolute Gasteiger partial charge is 0.321 e. The molecule has 0 aliphatic rings. The van der Waals surface area contributed by atoms with Crippen LogP contribution < -0.4 is 5.32 Å². The van der Waals surface area contributed by atoms with Gasteiger partial charge in [-0.1, -0.05) is 30.3 Å². The van der Waals surface area contributed by atoms with Gasteiger partial charge in [-0.3, -0.25) is 4.79 Å². The van der Waals surface area contributed by atoms with Crippen LogP contribution in [-0.4, -0.2) is 26.5 Å². The monoisotopic (exact) mass is 335 g/mol. The van der Waals surface area contributed by atoms with Crippen LogP contribution >= 0.6 is 11.3 Å². The van der Waals surface area contributed by atoms with Crippen LogP contribution in [0.25, 0.3) is 21.5 Å². The molecule has 1 amide bonds. The van der Waals surface area contributed by atoms with E-state index >= 15 is 0 Å². The van der Waals surface area contributed by atoms with Crippen LogP contribution in [0.15, 0.2) is 48.5 Å². The molecule has 2 N–H and O–H groups in total. The highest BCUT2D eigenvalue weighted by molar-refractivity contribution is 7.21. The summed E-state index contributed by atoms with van der Waals surface area (Å²) in [5.74, 6) is 0.378. The molecule has 4 rings (SSSR count). The lowest BCUT2D eigenvalue weighted by Crippen LogP contribution is -2.11. The third kappa shape index (κ3) is 2.55. The van der Waals surface area contributed by atoms with Gasteiger partial charge in [0.1, 0.15) is 0 Å². The van der Waals surface area contributed by atoms with Gasteiger partial charge >= 0.3 is 0 Å². The summed E-state index contributed by atoms with van der Waals surface area (Å²) in [6.07, 6.45) is 0. The molecule has 7 heteroatoms. The summed E-state index contributed by atoms with van der Waals surface area (Å²) < 4.78 is 1.11. The number of aromatic amines is 1. The maximum atomic E-state index is 12.7. The Kier molecular flexibility index (Phi) is 3.55. The molecule has 0 bridgehead atoms. The molecule has 6 nitrogen and oxygen atoms in total. The van der Waals surface area contributed by atoms with Gasteiger partial charge < -0.3 is 5.32 Å². The molecule has 0 radical (unpaired) electrons. The van der Waals surface area contributed by atoms with Crippen LogP contribution in [0.2, 0.25) is 0 Å². The fraction of sp³-hybridized carbons (Fsp3) is 0.0588. The predicted molar refractivity (Wildman–Crippen MR) is 94.1 cm³/mol. The van der Waals surface area contributed by atoms with E-state index in [0.717, 1.165) is 26.1 Å². The molecule has 0 atom stereocenters. The van der Waals surface area contributed by atoms with Gasteiger partial charge in [-0.25, -0.2) is 0 Å². The Hall–Kier alpha value is -3.06. The predicted octanol–water partition coefficient (Wildman–Crippen LogP) is 3.64. The molecule has 0 aliphatic carbocycles. The number of thiophene rings is 1. The highest BCUT2D eigenvalue weighted by Crippen LogP contribution is 2.31. The third-order valence-electron chi connectivity index (χ3n) is 3.77. The third-order valence-corrected chi connectivity index (χ3v) is 5.05. The minimum atomic E-state index is -0.112. The second kappa shape index (κ2) is 5.86. The van der Waals surface area contributed by atoms with Crippen LogP contribution in [0.5, 0.6) is 0 Å². The van der Waals surface area contributed by atoms with Gasteiger partial charge in [-0.15, -0.1) is 21.5 Å². The highest BCUT2D eigenvalue weighted by Gasteiger charge is 2.15. The molecular formula is C17H13N5OS. The second-order valence-corrected chi connectivity index (χ2v) is 6.37. The normalized spacial score (nSPS) is 10.9. The van der Waals surface area contributed by atoms with E-state index in [1.165, 1.54) is 11.3 Å². The standard InChI is InChI=1S/C17H13N5OS/c1-10-13-7-2-3-8-14(13)24-15(10)17(23)18-12-6-4-5-11(9-12)16-19-21-22-20-16/h2-9H,1H3,(H,18,23)(H,19,20,21,22). The molecule has 0 unspecified atom stereocenters. The van der Waals surface area contributed by atoms with Crippen molar-refractivity contribution in [2.75, 3.05) is 5.32 Å². The summed E-state index contributed by atoms with van der Waals surface area (Å²) in [5, 5.41) is 17.9. The van der Waals surface area contributed by atoms with Crippen molar-refractivity contribution in [3.8, 4) is 11.4 Å². The highest BCUT2D eigenvalue weighted by atomic mass is 32.1. The number of tetrazole rings is 1. The first kappa shape index (κ1) is 14.5. The van der Waals surface area contributed by atoms with Crippen molar-refractivity contribution in [2.24, 2.45) is 0 Å². The lowest BCUT2D eigenvalue weighted by molar-refractivity contribution is 0.103. The van der Waals surface area contributed by atoms with Gasteiger partial charge in [0, 0.05) is 16.0 Å². The van der Waals surface area contributed by atoms with E-state index in [2.05, 4.69) is 25.9 Å². The first-order valence-corrected chi connectivity index (χ1v) is 8.17. The Morgan fingerprint density at radius 2 is 2.04 bits per heavy atom. The number of nitrogens with zero attached hydrogens (tertiary/aromatic N) is 3. The van der Waals surface area contributed by atoms with Gasteiger partial charge in [-0.05, 0) is 41.3 Å². The number of amides is 1. The topological polar surface area (TPSA) is 83.6 Å². The van der Waals surface area contributed by atoms with E-state index in [0.29, 0.717) is 11.5 Å². The number of benzene rings is 2.